The van der Waals surface area contributed by atoms with Gasteiger partial charge in [-0.2, -0.15) is 13.2 Å². The van der Waals surface area contributed by atoms with Gasteiger partial charge >= 0.3 is 6.18 Å². The number of alkyl halides is 3. The molecule has 0 fully saturated rings. The lowest BCUT2D eigenvalue weighted by Gasteiger charge is -2.22. The van der Waals surface area contributed by atoms with E-state index in [1.807, 2.05) is 13.8 Å². The summed E-state index contributed by atoms with van der Waals surface area (Å²) in [5, 5.41) is 2.06. The second-order valence-corrected chi connectivity index (χ2v) is 4.89. The lowest BCUT2D eigenvalue weighted by atomic mass is 10.0. The van der Waals surface area contributed by atoms with Crippen LogP contribution in [0.3, 0.4) is 0 Å². The topological polar surface area (TPSA) is 29.1 Å². The Labute approximate surface area is 111 Å². The Hall–Kier alpha value is -1.52. The van der Waals surface area contributed by atoms with E-state index in [2.05, 4.69) is 5.32 Å². The Morgan fingerprint density at radius 3 is 2.26 bits per heavy atom. The second-order valence-electron chi connectivity index (χ2n) is 4.89. The zero-order valence-corrected chi connectivity index (χ0v) is 11.0. The number of halogens is 3. The van der Waals surface area contributed by atoms with Crippen LogP contribution in [0.25, 0.3) is 0 Å². The lowest BCUT2D eigenvalue weighted by Crippen LogP contribution is -2.38. The van der Waals surface area contributed by atoms with Gasteiger partial charge in [0, 0.05) is 6.42 Å². The van der Waals surface area contributed by atoms with Crippen LogP contribution in [0, 0.1) is 5.92 Å². The molecule has 0 saturated carbocycles. The minimum Gasteiger partial charge on any atom is -0.341 e. The highest BCUT2D eigenvalue weighted by atomic mass is 19.4. The summed E-state index contributed by atoms with van der Waals surface area (Å²) >= 11 is 0. The highest BCUT2D eigenvalue weighted by molar-refractivity contribution is 5.76. The van der Waals surface area contributed by atoms with Crippen LogP contribution in [0.2, 0.25) is 0 Å². The van der Waals surface area contributed by atoms with Crippen LogP contribution in [0.1, 0.15) is 38.3 Å². The minimum atomic E-state index is -4.49. The van der Waals surface area contributed by atoms with Gasteiger partial charge in [-0.3, -0.25) is 4.79 Å². The van der Waals surface area contributed by atoms with Crippen molar-refractivity contribution in [1.82, 2.24) is 5.32 Å². The number of hydrogen-bond acceptors (Lipinski definition) is 1. The number of amides is 1. The first-order valence-electron chi connectivity index (χ1n) is 6.21. The molecule has 19 heavy (non-hydrogen) atoms. The summed E-state index contributed by atoms with van der Waals surface area (Å²) in [6, 6.07) is 5.47. The summed E-state index contributed by atoms with van der Waals surface area (Å²) in [7, 11) is 0. The molecule has 0 aliphatic heterocycles. The van der Waals surface area contributed by atoms with E-state index in [-0.39, 0.29) is 17.9 Å². The van der Waals surface area contributed by atoms with Gasteiger partial charge in [-0.05, 0) is 17.9 Å². The summed E-state index contributed by atoms with van der Waals surface area (Å²) in [5.74, 6) is -0.285. The summed E-state index contributed by atoms with van der Waals surface area (Å²) in [6.07, 6.45) is -3.81. The highest BCUT2D eigenvalue weighted by Gasteiger charge is 2.41. The van der Waals surface area contributed by atoms with Gasteiger partial charge in [-0.25, -0.2) is 0 Å². The third-order valence-electron chi connectivity index (χ3n) is 2.71. The van der Waals surface area contributed by atoms with E-state index in [1.165, 1.54) is 24.3 Å². The molecule has 1 atom stereocenters. The molecular formula is C14H18F3NO. The molecule has 0 saturated heterocycles. The molecule has 0 aromatic heterocycles. The molecule has 0 aliphatic rings. The molecule has 5 heteroatoms. The number of rotatable bonds is 5. The van der Waals surface area contributed by atoms with Gasteiger partial charge in [0.1, 0.15) is 0 Å². The first-order valence-corrected chi connectivity index (χ1v) is 6.21. The molecule has 1 aromatic rings. The van der Waals surface area contributed by atoms with Gasteiger partial charge in [0.15, 0.2) is 6.04 Å². The maximum absolute atomic E-state index is 13.0. The van der Waals surface area contributed by atoms with E-state index in [4.69, 9.17) is 0 Å². The van der Waals surface area contributed by atoms with Crippen molar-refractivity contribution < 1.29 is 18.0 Å². The number of nitrogens with one attached hydrogen (secondary N) is 1. The monoisotopic (exact) mass is 273 g/mol. The van der Waals surface area contributed by atoms with Crippen LogP contribution in [0.5, 0.6) is 0 Å². The molecular weight excluding hydrogens is 255 g/mol. The first-order chi connectivity index (χ1) is 8.80. The Balaban J connectivity index is 2.75. The molecule has 1 aromatic carbocycles. The largest absolute Gasteiger partial charge is 0.412 e. The van der Waals surface area contributed by atoms with Gasteiger partial charge in [-0.1, -0.05) is 44.2 Å². The summed E-state index contributed by atoms with van der Waals surface area (Å²) < 4.78 is 38.9. The lowest BCUT2D eigenvalue weighted by molar-refractivity contribution is -0.163. The van der Waals surface area contributed by atoms with Crippen molar-refractivity contribution in [1.29, 1.82) is 0 Å². The SMILES string of the molecule is CC(C)CCC(=O)N[C@@H](c1ccccc1)C(F)(F)F. The fourth-order valence-corrected chi connectivity index (χ4v) is 1.65. The Morgan fingerprint density at radius 2 is 1.79 bits per heavy atom. The predicted octanol–water partition coefficient (Wildman–Crippen LogP) is 3.84. The molecule has 0 heterocycles. The number of carbonyl (C=O) groups is 1. The fraction of sp³-hybridized carbons (Fsp3) is 0.500. The predicted molar refractivity (Wildman–Crippen MR) is 67.5 cm³/mol. The van der Waals surface area contributed by atoms with Crippen molar-refractivity contribution >= 4 is 5.91 Å². The maximum Gasteiger partial charge on any atom is 0.412 e. The van der Waals surface area contributed by atoms with Crippen molar-refractivity contribution in [3.05, 3.63) is 35.9 Å². The van der Waals surface area contributed by atoms with Crippen LogP contribution < -0.4 is 5.32 Å². The number of benzene rings is 1. The van der Waals surface area contributed by atoms with Crippen molar-refractivity contribution in [3.8, 4) is 0 Å². The molecule has 0 radical (unpaired) electrons. The summed E-state index contributed by atoms with van der Waals surface area (Å²) in [5.41, 5.74) is 0.0490. The maximum atomic E-state index is 13.0. The molecule has 106 valence electrons. The van der Waals surface area contributed by atoms with Crippen molar-refractivity contribution in [2.24, 2.45) is 5.92 Å². The fourth-order valence-electron chi connectivity index (χ4n) is 1.65. The molecule has 0 unspecified atom stereocenters. The third kappa shape index (κ3) is 5.32. The number of hydrogen-bond donors (Lipinski definition) is 1. The van der Waals surface area contributed by atoms with E-state index in [1.54, 1.807) is 6.07 Å². The third-order valence-corrected chi connectivity index (χ3v) is 2.71. The quantitative estimate of drug-likeness (QED) is 0.867. The first kappa shape index (κ1) is 15.5. The molecule has 0 bridgehead atoms. The van der Waals surface area contributed by atoms with E-state index in [9.17, 15) is 18.0 Å². The van der Waals surface area contributed by atoms with Crippen LogP contribution in [0.15, 0.2) is 30.3 Å². The van der Waals surface area contributed by atoms with Crippen molar-refractivity contribution in [2.75, 3.05) is 0 Å². The molecule has 1 rings (SSSR count). The summed E-state index contributed by atoms with van der Waals surface area (Å²) in [6.45, 7) is 3.84. The smallest absolute Gasteiger partial charge is 0.341 e. The average Bonchev–Trinajstić information content (AvgIpc) is 2.33. The average molecular weight is 273 g/mol. The van der Waals surface area contributed by atoms with Crippen LogP contribution in [-0.2, 0) is 4.79 Å². The summed E-state index contributed by atoms with van der Waals surface area (Å²) in [4.78, 5) is 11.6. The molecule has 2 nitrogen and oxygen atoms in total. The van der Waals surface area contributed by atoms with Gasteiger partial charge in [0.2, 0.25) is 5.91 Å². The molecule has 1 N–H and O–H groups in total. The molecule has 0 aliphatic carbocycles. The zero-order chi connectivity index (χ0) is 14.5. The van der Waals surface area contributed by atoms with E-state index in [0.29, 0.717) is 6.42 Å². The van der Waals surface area contributed by atoms with Crippen molar-refractivity contribution in [2.45, 2.75) is 38.9 Å². The van der Waals surface area contributed by atoms with Gasteiger partial charge in [-0.15, -0.1) is 0 Å². The zero-order valence-electron chi connectivity index (χ0n) is 11.0. The minimum absolute atomic E-state index is 0.0490. The van der Waals surface area contributed by atoms with E-state index >= 15 is 0 Å². The van der Waals surface area contributed by atoms with Crippen LogP contribution in [-0.4, -0.2) is 12.1 Å². The van der Waals surface area contributed by atoms with E-state index in [0.717, 1.165) is 0 Å². The van der Waals surface area contributed by atoms with Crippen LogP contribution >= 0.6 is 0 Å². The van der Waals surface area contributed by atoms with Crippen molar-refractivity contribution in [3.63, 3.8) is 0 Å². The number of carbonyl (C=O) groups excluding carboxylic acids is 1. The Kier molecular flexibility index (Phi) is 5.39. The van der Waals surface area contributed by atoms with E-state index < -0.39 is 18.1 Å². The molecule has 0 spiro atoms. The Morgan fingerprint density at radius 1 is 1.21 bits per heavy atom. The van der Waals surface area contributed by atoms with Gasteiger partial charge < -0.3 is 5.32 Å². The highest BCUT2D eigenvalue weighted by Crippen LogP contribution is 2.32. The second kappa shape index (κ2) is 6.59. The Bertz CT molecular complexity index is 401. The van der Waals surface area contributed by atoms with Crippen LogP contribution in [0.4, 0.5) is 13.2 Å². The molecule has 1 amide bonds. The van der Waals surface area contributed by atoms with Gasteiger partial charge in [0.25, 0.3) is 0 Å². The van der Waals surface area contributed by atoms with Gasteiger partial charge in [0.05, 0.1) is 0 Å². The normalized spacial score (nSPS) is 13.4. The standard InChI is InChI=1S/C14H18F3NO/c1-10(2)8-9-12(19)18-13(14(15,16)17)11-6-4-3-5-7-11/h3-7,10,13H,8-9H2,1-2H3,(H,18,19)/t13-/m0/s1.